The molecule has 0 aliphatic heterocycles. The fourth-order valence-corrected chi connectivity index (χ4v) is 1.42. The van der Waals surface area contributed by atoms with Crippen molar-refractivity contribution in [1.82, 2.24) is 0 Å². The zero-order valence-electron chi connectivity index (χ0n) is 9.87. The number of rotatable bonds is 6. The van der Waals surface area contributed by atoms with Crippen LogP contribution in [0.4, 0.5) is 5.69 Å². The van der Waals surface area contributed by atoms with Gasteiger partial charge in [-0.25, -0.2) is 0 Å². The Morgan fingerprint density at radius 2 is 2.06 bits per heavy atom. The third-order valence-electron chi connectivity index (χ3n) is 2.42. The van der Waals surface area contributed by atoms with E-state index >= 15 is 0 Å². The molecule has 0 unspecified atom stereocenters. The highest BCUT2D eigenvalue weighted by atomic mass is 14.9. The van der Waals surface area contributed by atoms with E-state index in [0.29, 0.717) is 6.54 Å². The normalized spacial score (nSPS) is 11.2. The third-order valence-corrected chi connectivity index (χ3v) is 2.42. The van der Waals surface area contributed by atoms with Gasteiger partial charge in [0.2, 0.25) is 0 Å². The second-order valence-corrected chi connectivity index (χ2v) is 3.74. The highest BCUT2D eigenvalue weighted by molar-refractivity contribution is 5.44. The van der Waals surface area contributed by atoms with Gasteiger partial charge in [-0.05, 0) is 24.1 Å². The van der Waals surface area contributed by atoms with E-state index in [2.05, 4.69) is 24.9 Å². The van der Waals surface area contributed by atoms with Gasteiger partial charge in [-0.3, -0.25) is 0 Å². The van der Waals surface area contributed by atoms with Crippen LogP contribution in [0.2, 0.25) is 0 Å². The van der Waals surface area contributed by atoms with Gasteiger partial charge < -0.3 is 11.1 Å². The van der Waals surface area contributed by atoms with E-state index in [1.807, 2.05) is 30.3 Å². The summed E-state index contributed by atoms with van der Waals surface area (Å²) in [5, 5.41) is 3.31. The van der Waals surface area contributed by atoms with Gasteiger partial charge in [0.05, 0.1) is 0 Å². The minimum Gasteiger partial charge on any atom is -0.381 e. The van der Waals surface area contributed by atoms with Crippen LogP contribution in [-0.4, -0.2) is 13.1 Å². The van der Waals surface area contributed by atoms with Crippen LogP contribution >= 0.6 is 0 Å². The molecule has 16 heavy (non-hydrogen) atoms. The molecule has 0 saturated heterocycles. The number of benzene rings is 1. The second-order valence-electron chi connectivity index (χ2n) is 3.74. The summed E-state index contributed by atoms with van der Waals surface area (Å²) < 4.78 is 0. The third kappa shape index (κ3) is 4.32. The van der Waals surface area contributed by atoms with Crippen molar-refractivity contribution in [3.8, 4) is 0 Å². The molecule has 1 aromatic carbocycles. The number of hydrogen-bond donors (Lipinski definition) is 2. The zero-order valence-corrected chi connectivity index (χ0v) is 9.87. The summed E-state index contributed by atoms with van der Waals surface area (Å²) in [5.41, 5.74) is 9.02. The lowest BCUT2D eigenvalue weighted by molar-refractivity contribution is 1.00. The lowest BCUT2D eigenvalue weighted by Crippen LogP contribution is -2.06. The minimum atomic E-state index is 0.612. The Hall–Kier alpha value is -1.54. The molecule has 2 heteroatoms. The summed E-state index contributed by atoms with van der Waals surface area (Å²) in [6.07, 6.45) is 3.07. The molecule has 1 aromatic rings. The fraction of sp³-hybridized carbons (Fsp3) is 0.286. The Kier molecular flexibility index (Phi) is 5.37. The van der Waals surface area contributed by atoms with Crippen LogP contribution in [0.1, 0.15) is 13.3 Å². The summed E-state index contributed by atoms with van der Waals surface area (Å²) in [6, 6.07) is 10.1. The number of nitrogens with two attached hydrogens (primary N) is 1. The molecule has 0 radical (unpaired) electrons. The lowest BCUT2D eigenvalue weighted by atomic mass is 10.1. The smallest absolute Gasteiger partial charge is 0.0394 e. The second kappa shape index (κ2) is 6.85. The number of nitrogens with one attached hydrogen (secondary N) is 1. The first-order valence-corrected chi connectivity index (χ1v) is 5.62. The SMILES string of the molecule is C=C(/C=C(\CC)CN)CNc1ccccc1. The Bertz CT molecular complexity index is 346. The molecule has 2 nitrogen and oxygen atoms in total. The summed E-state index contributed by atoms with van der Waals surface area (Å²) in [6.45, 7) is 7.49. The molecule has 0 spiro atoms. The number of hydrogen-bond acceptors (Lipinski definition) is 2. The van der Waals surface area contributed by atoms with E-state index in [1.54, 1.807) is 0 Å². The molecule has 1 rings (SSSR count). The molecular formula is C14H20N2. The molecule has 0 aliphatic rings. The van der Waals surface area contributed by atoms with Crippen LogP contribution in [-0.2, 0) is 0 Å². The Balaban J connectivity index is 2.44. The topological polar surface area (TPSA) is 38.0 Å². The summed E-state index contributed by atoms with van der Waals surface area (Å²) in [7, 11) is 0. The monoisotopic (exact) mass is 216 g/mol. The van der Waals surface area contributed by atoms with E-state index < -0.39 is 0 Å². The fourth-order valence-electron chi connectivity index (χ4n) is 1.42. The molecule has 0 amide bonds. The summed E-state index contributed by atoms with van der Waals surface area (Å²) in [4.78, 5) is 0. The van der Waals surface area contributed by atoms with Gasteiger partial charge in [0.25, 0.3) is 0 Å². The van der Waals surface area contributed by atoms with Crippen molar-refractivity contribution in [2.24, 2.45) is 5.73 Å². The highest BCUT2D eigenvalue weighted by Crippen LogP contribution is 2.08. The van der Waals surface area contributed by atoms with Crippen molar-refractivity contribution in [3.05, 3.63) is 54.1 Å². The predicted octanol–water partition coefficient (Wildman–Crippen LogP) is 2.95. The molecule has 3 N–H and O–H groups in total. The molecule has 0 saturated carbocycles. The average Bonchev–Trinajstić information content (AvgIpc) is 2.34. The molecule has 86 valence electrons. The quantitative estimate of drug-likeness (QED) is 0.717. The first-order chi connectivity index (χ1) is 7.76. The van der Waals surface area contributed by atoms with Gasteiger partial charge in [-0.15, -0.1) is 0 Å². The van der Waals surface area contributed by atoms with Gasteiger partial charge in [0.15, 0.2) is 0 Å². The molecular weight excluding hydrogens is 196 g/mol. The van der Waals surface area contributed by atoms with Crippen molar-refractivity contribution in [3.63, 3.8) is 0 Å². The van der Waals surface area contributed by atoms with Crippen molar-refractivity contribution < 1.29 is 0 Å². The molecule has 0 aromatic heterocycles. The highest BCUT2D eigenvalue weighted by Gasteiger charge is 1.94. The number of para-hydroxylation sites is 1. The summed E-state index contributed by atoms with van der Waals surface area (Å²) in [5.74, 6) is 0. The predicted molar refractivity (Wildman–Crippen MR) is 71.5 cm³/mol. The molecule has 0 heterocycles. The molecule has 0 bridgehead atoms. The molecule has 0 atom stereocenters. The van der Waals surface area contributed by atoms with E-state index in [0.717, 1.165) is 24.2 Å². The van der Waals surface area contributed by atoms with Crippen molar-refractivity contribution in [1.29, 1.82) is 0 Å². The van der Waals surface area contributed by atoms with E-state index in [9.17, 15) is 0 Å². The van der Waals surface area contributed by atoms with Crippen LogP contribution in [0.3, 0.4) is 0 Å². The van der Waals surface area contributed by atoms with Crippen molar-refractivity contribution in [2.45, 2.75) is 13.3 Å². The van der Waals surface area contributed by atoms with E-state index in [4.69, 9.17) is 5.73 Å². The van der Waals surface area contributed by atoms with Gasteiger partial charge in [-0.2, -0.15) is 0 Å². The van der Waals surface area contributed by atoms with E-state index in [-0.39, 0.29) is 0 Å². The number of anilines is 1. The lowest BCUT2D eigenvalue weighted by Gasteiger charge is -2.07. The van der Waals surface area contributed by atoms with Crippen LogP contribution in [0.25, 0.3) is 0 Å². The van der Waals surface area contributed by atoms with Crippen LogP contribution in [0, 0.1) is 0 Å². The van der Waals surface area contributed by atoms with Crippen LogP contribution < -0.4 is 11.1 Å². The first-order valence-electron chi connectivity index (χ1n) is 5.62. The van der Waals surface area contributed by atoms with E-state index in [1.165, 1.54) is 5.57 Å². The first kappa shape index (κ1) is 12.5. The van der Waals surface area contributed by atoms with Crippen LogP contribution in [0.5, 0.6) is 0 Å². The molecule has 0 aliphatic carbocycles. The summed E-state index contributed by atoms with van der Waals surface area (Å²) >= 11 is 0. The molecule has 0 fully saturated rings. The van der Waals surface area contributed by atoms with Crippen LogP contribution in [0.15, 0.2) is 54.1 Å². The zero-order chi connectivity index (χ0) is 11.8. The Morgan fingerprint density at radius 1 is 1.38 bits per heavy atom. The maximum atomic E-state index is 5.61. The Labute approximate surface area is 97.9 Å². The minimum absolute atomic E-state index is 0.612. The van der Waals surface area contributed by atoms with Gasteiger partial charge >= 0.3 is 0 Å². The maximum absolute atomic E-state index is 5.61. The van der Waals surface area contributed by atoms with Crippen molar-refractivity contribution in [2.75, 3.05) is 18.4 Å². The van der Waals surface area contributed by atoms with Gasteiger partial charge in [0.1, 0.15) is 0 Å². The van der Waals surface area contributed by atoms with Gasteiger partial charge in [0, 0.05) is 18.8 Å². The van der Waals surface area contributed by atoms with Gasteiger partial charge in [-0.1, -0.05) is 43.4 Å². The standard InChI is InChI=1S/C14H20N2/c1-3-13(10-15)9-12(2)11-16-14-7-5-4-6-8-14/h4-9,16H,2-3,10-11,15H2,1H3/b13-9+. The largest absolute Gasteiger partial charge is 0.381 e. The van der Waals surface area contributed by atoms with Crippen molar-refractivity contribution >= 4 is 5.69 Å². The Morgan fingerprint density at radius 3 is 2.62 bits per heavy atom. The average molecular weight is 216 g/mol. The maximum Gasteiger partial charge on any atom is 0.0394 e.